The molecule has 2 amide bonds. The van der Waals surface area contributed by atoms with E-state index in [1.54, 1.807) is 12.4 Å². The summed E-state index contributed by atoms with van der Waals surface area (Å²) in [6.45, 7) is 2.03. The van der Waals surface area contributed by atoms with Crippen molar-refractivity contribution in [2.75, 3.05) is 5.32 Å². The van der Waals surface area contributed by atoms with Crippen LogP contribution >= 0.6 is 0 Å². The van der Waals surface area contributed by atoms with Crippen LogP contribution in [0.5, 0.6) is 0 Å². The van der Waals surface area contributed by atoms with E-state index in [9.17, 15) is 4.79 Å². The number of carbonyl (C=O) groups is 1. The minimum atomic E-state index is -0.289. The van der Waals surface area contributed by atoms with E-state index in [2.05, 4.69) is 20.8 Å². The molecule has 22 heavy (non-hydrogen) atoms. The van der Waals surface area contributed by atoms with Gasteiger partial charge in [0.2, 0.25) is 0 Å². The number of fused-ring (bicyclic) bond motifs is 1. The Balaban J connectivity index is 1.60. The Morgan fingerprint density at radius 2 is 2.14 bits per heavy atom. The van der Waals surface area contributed by atoms with Crippen LogP contribution in [-0.2, 0) is 0 Å². The summed E-state index contributed by atoms with van der Waals surface area (Å²) in [6, 6.07) is 13.3. The van der Waals surface area contributed by atoms with E-state index >= 15 is 0 Å². The number of anilines is 1. The predicted octanol–water partition coefficient (Wildman–Crippen LogP) is 3.66. The molecule has 0 unspecified atom stereocenters. The first-order chi connectivity index (χ1) is 10.7. The highest BCUT2D eigenvalue weighted by Crippen LogP contribution is 2.16. The van der Waals surface area contributed by atoms with Gasteiger partial charge in [-0.15, -0.1) is 0 Å². The molecule has 5 nitrogen and oxygen atoms in total. The fourth-order valence-corrected chi connectivity index (χ4v) is 2.17. The zero-order valence-electron chi connectivity index (χ0n) is 12.1. The van der Waals surface area contributed by atoms with Gasteiger partial charge in [0, 0.05) is 17.3 Å². The monoisotopic (exact) mass is 292 g/mol. The van der Waals surface area contributed by atoms with Gasteiger partial charge in [-0.1, -0.05) is 29.8 Å². The highest BCUT2D eigenvalue weighted by molar-refractivity contribution is 5.93. The molecule has 3 rings (SSSR count). The van der Waals surface area contributed by atoms with Crippen molar-refractivity contribution in [2.45, 2.75) is 6.92 Å². The highest BCUT2D eigenvalue weighted by Gasteiger charge is 2.01. The van der Waals surface area contributed by atoms with Crippen LogP contribution in [-0.4, -0.2) is 16.2 Å². The van der Waals surface area contributed by atoms with Gasteiger partial charge >= 0.3 is 6.03 Å². The van der Waals surface area contributed by atoms with Gasteiger partial charge < -0.3 is 10.6 Å². The molecular formula is C17H16N4O. The summed E-state index contributed by atoms with van der Waals surface area (Å²) in [4.78, 5) is 11.8. The molecule has 0 fully saturated rings. The second kappa shape index (κ2) is 6.13. The van der Waals surface area contributed by atoms with Crippen LogP contribution in [0.25, 0.3) is 17.0 Å². The zero-order valence-corrected chi connectivity index (χ0v) is 12.1. The van der Waals surface area contributed by atoms with Gasteiger partial charge in [-0.3, -0.25) is 5.10 Å². The van der Waals surface area contributed by atoms with Gasteiger partial charge in [-0.05, 0) is 36.8 Å². The average molecular weight is 292 g/mol. The van der Waals surface area contributed by atoms with Crippen LogP contribution < -0.4 is 10.6 Å². The number of rotatable bonds is 3. The standard InChI is InChI=1S/C17H16N4O/c1-12-3-2-4-13(9-12)7-8-18-17(22)20-15-6-5-14-11-19-21-16(14)10-15/h2-11H,1H3,(H,19,21)(H2,18,20,22)/b8-7+. The molecule has 2 aromatic carbocycles. The normalized spacial score (nSPS) is 11.0. The number of aromatic amines is 1. The van der Waals surface area contributed by atoms with E-state index < -0.39 is 0 Å². The smallest absolute Gasteiger partial charge is 0.314 e. The lowest BCUT2D eigenvalue weighted by atomic mass is 10.1. The second-order valence-electron chi connectivity index (χ2n) is 5.02. The fourth-order valence-electron chi connectivity index (χ4n) is 2.17. The Kier molecular flexibility index (Phi) is 3.87. The van der Waals surface area contributed by atoms with Crippen LogP contribution in [0.15, 0.2) is 54.9 Å². The first-order valence-corrected chi connectivity index (χ1v) is 6.94. The van der Waals surface area contributed by atoms with E-state index in [-0.39, 0.29) is 6.03 Å². The topological polar surface area (TPSA) is 69.8 Å². The van der Waals surface area contributed by atoms with Crippen molar-refractivity contribution >= 4 is 28.7 Å². The molecule has 0 bridgehead atoms. The summed E-state index contributed by atoms with van der Waals surface area (Å²) in [5.41, 5.74) is 3.81. The van der Waals surface area contributed by atoms with Crippen molar-refractivity contribution in [1.29, 1.82) is 0 Å². The molecular weight excluding hydrogens is 276 g/mol. The molecule has 0 aliphatic heterocycles. The van der Waals surface area contributed by atoms with E-state index in [0.717, 1.165) is 16.5 Å². The third-order valence-corrected chi connectivity index (χ3v) is 3.23. The van der Waals surface area contributed by atoms with Crippen molar-refractivity contribution in [3.05, 3.63) is 66.0 Å². The predicted molar refractivity (Wildman–Crippen MR) is 88.5 cm³/mol. The molecule has 1 aromatic heterocycles. The van der Waals surface area contributed by atoms with Crippen molar-refractivity contribution in [3.63, 3.8) is 0 Å². The van der Waals surface area contributed by atoms with Crippen LogP contribution in [0.1, 0.15) is 11.1 Å². The lowest BCUT2D eigenvalue weighted by Gasteiger charge is -2.04. The number of hydrogen-bond donors (Lipinski definition) is 3. The third kappa shape index (κ3) is 3.32. The molecule has 0 aliphatic carbocycles. The highest BCUT2D eigenvalue weighted by atomic mass is 16.2. The third-order valence-electron chi connectivity index (χ3n) is 3.23. The average Bonchev–Trinajstić information content (AvgIpc) is 2.95. The summed E-state index contributed by atoms with van der Waals surface area (Å²) in [5.74, 6) is 0. The number of nitrogens with one attached hydrogen (secondary N) is 3. The molecule has 3 N–H and O–H groups in total. The van der Waals surface area contributed by atoms with Gasteiger partial charge in [-0.25, -0.2) is 4.79 Å². The molecule has 0 saturated heterocycles. The van der Waals surface area contributed by atoms with Gasteiger partial charge in [0.1, 0.15) is 0 Å². The molecule has 3 aromatic rings. The molecule has 0 atom stereocenters. The maximum absolute atomic E-state index is 11.8. The van der Waals surface area contributed by atoms with E-state index in [4.69, 9.17) is 0 Å². The Morgan fingerprint density at radius 3 is 3.00 bits per heavy atom. The summed E-state index contributed by atoms with van der Waals surface area (Å²) in [7, 11) is 0. The Labute approximate surface area is 128 Å². The number of aromatic nitrogens is 2. The summed E-state index contributed by atoms with van der Waals surface area (Å²) < 4.78 is 0. The molecule has 1 heterocycles. The molecule has 5 heteroatoms. The summed E-state index contributed by atoms with van der Waals surface area (Å²) >= 11 is 0. The number of hydrogen-bond acceptors (Lipinski definition) is 2. The number of amides is 2. The lowest BCUT2D eigenvalue weighted by Crippen LogP contribution is -2.23. The number of carbonyl (C=O) groups excluding carboxylic acids is 1. The minimum absolute atomic E-state index is 0.289. The van der Waals surface area contributed by atoms with Gasteiger partial charge in [0.05, 0.1) is 11.7 Å². The summed E-state index contributed by atoms with van der Waals surface area (Å²) in [5, 5.41) is 13.3. The summed E-state index contributed by atoms with van der Waals surface area (Å²) in [6.07, 6.45) is 5.22. The fraction of sp³-hybridized carbons (Fsp3) is 0.0588. The van der Waals surface area contributed by atoms with E-state index in [0.29, 0.717) is 5.69 Å². The zero-order chi connectivity index (χ0) is 15.4. The lowest BCUT2D eigenvalue weighted by molar-refractivity contribution is 0.255. The van der Waals surface area contributed by atoms with Crippen molar-refractivity contribution in [3.8, 4) is 0 Å². The number of nitrogens with zero attached hydrogens (tertiary/aromatic N) is 1. The van der Waals surface area contributed by atoms with Crippen LogP contribution in [0.3, 0.4) is 0 Å². The van der Waals surface area contributed by atoms with Crippen molar-refractivity contribution < 1.29 is 4.79 Å². The van der Waals surface area contributed by atoms with Crippen LogP contribution in [0, 0.1) is 6.92 Å². The van der Waals surface area contributed by atoms with Crippen LogP contribution in [0.4, 0.5) is 10.5 Å². The molecule has 110 valence electrons. The van der Waals surface area contributed by atoms with Gasteiger partial charge in [0.25, 0.3) is 0 Å². The Hall–Kier alpha value is -3.08. The Morgan fingerprint density at radius 1 is 1.23 bits per heavy atom. The largest absolute Gasteiger partial charge is 0.323 e. The second-order valence-corrected chi connectivity index (χ2v) is 5.02. The van der Waals surface area contributed by atoms with Crippen molar-refractivity contribution in [2.24, 2.45) is 0 Å². The maximum Gasteiger partial charge on any atom is 0.323 e. The number of aryl methyl sites for hydroxylation is 1. The number of H-pyrrole nitrogens is 1. The van der Waals surface area contributed by atoms with E-state index in [1.807, 2.05) is 55.5 Å². The number of urea groups is 1. The van der Waals surface area contributed by atoms with Crippen molar-refractivity contribution in [1.82, 2.24) is 15.5 Å². The minimum Gasteiger partial charge on any atom is -0.314 e. The Bertz CT molecular complexity index is 835. The quantitative estimate of drug-likeness (QED) is 0.689. The van der Waals surface area contributed by atoms with Crippen LogP contribution in [0.2, 0.25) is 0 Å². The van der Waals surface area contributed by atoms with Gasteiger partial charge in [0.15, 0.2) is 0 Å². The SMILES string of the molecule is Cc1cccc(/C=C/NC(=O)Nc2ccc3cn[nH]c3c2)c1. The molecule has 0 radical (unpaired) electrons. The van der Waals surface area contributed by atoms with E-state index in [1.165, 1.54) is 5.56 Å². The first-order valence-electron chi connectivity index (χ1n) is 6.94. The first kappa shape index (κ1) is 13.9. The maximum atomic E-state index is 11.8. The molecule has 0 saturated carbocycles. The number of benzene rings is 2. The van der Waals surface area contributed by atoms with Gasteiger partial charge in [-0.2, -0.15) is 5.10 Å². The molecule has 0 spiro atoms. The molecule has 0 aliphatic rings.